The Bertz CT molecular complexity index is 307. The van der Waals surface area contributed by atoms with Gasteiger partial charge in [-0.2, -0.15) is 0 Å². The molecule has 1 rings (SSSR count). The number of benzene rings is 1. The van der Waals surface area contributed by atoms with Gasteiger partial charge in [0.25, 0.3) is 0 Å². The predicted octanol–water partition coefficient (Wildman–Crippen LogP) is 3.28. The van der Waals surface area contributed by atoms with Crippen molar-refractivity contribution in [3.05, 3.63) is 34.3 Å². The van der Waals surface area contributed by atoms with Crippen molar-refractivity contribution in [2.24, 2.45) is 0 Å². The zero-order valence-electron chi connectivity index (χ0n) is 6.60. The Morgan fingerprint density at radius 1 is 1.42 bits per heavy atom. The smallest absolute Gasteiger partial charge is 0.159 e. The third-order valence-electron chi connectivity index (χ3n) is 1.52. The third kappa shape index (κ3) is 2.23. The summed E-state index contributed by atoms with van der Waals surface area (Å²) in [6, 6.07) is 5.14. The minimum Gasteiger partial charge on any atom is -0.295 e. The predicted molar refractivity (Wildman–Crippen MR) is 51.0 cm³/mol. The van der Waals surface area contributed by atoms with Gasteiger partial charge in [0.15, 0.2) is 5.78 Å². The maximum absolute atomic E-state index is 11.0. The van der Waals surface area contributed by atoms with Crippen LogP contribution in [-0.4, -0.2) is 5.78 Å². The molecule has 1 nitrogen and oxygen atoms in total. The number of hydrogen-bond donors (Lipinski definition) is 0. The first kappa shape index (κ1) is 9.56. The van der Waals surface area contributed by atoms with Crippen LogP contribution in [0.2, 0.25) is 5.02 Å². The fourth-order valence-corrected chi connectivity index (χ4v) is 1.34. The highest BCUT2D eigenvalue weighted by atomic mass is 35.5. The number of alkyl halides is 1. The monoisotopic (exact) mass is 202 g/mol. The fraction of sp³-hybridized carbons (Fsp3) is 0.222. The van der Waals surface area contributed by atoms with Gasteiger partial charge < -0.3 is 0 Å². The van der Waals surface area contributed by atoms with Crippen molar-refractivity contribution in [2.75, 3.05) is 0 Å². The quantitative estimate of drug-likeness (QED) is 0.532. The van der Waals surface area contributed by atoms with E-state index in [-0.39, 0.29) is 5.78 Å². The molecule has 0 atom stereocenters. The standard InChI is InChI=1S/C9H8Cl2O/c1-6(12)8-2-7(5-10)3-9(11)4-8/h2-4H,5H2,1H3. The van der Waals surface area contributed by atoms with Crippen LogP contribution in [0.15, 0.2) is 18.2 Å². The summed E-state index contributed by atoms with van der Waals surface area (Å²) in [6.07, 6.45) is 0. The van der Waals surface area contributed by atoms with Crippen molar-refractivity contribution in [1.29, 1.82) is 0 Å². The molecular formula is C9H8Cl2O. The Kier molecular flexibility index (Phi) is 3.12. The molecule has 0 spiro atoms. The lowest BCUT2D eigenvalue weighted by Gasteiger charge is -2.00. The molecular weight excluding hydrogens is 195 g/mol. The zero-order valence-corrected chi connectivity index (χ0v) is 8.12. The highest BCUT2D eigenvalue weighted by molar-refractivity contribution is 6.31. The van der Waals surface area contributed by atoms with Gasteiger partial charge >= 0.3 is 0 Å². The van der Waals surface area contributed by atoms with E-state index in [4.69, 9.17) is 23.2 Å². The van der Waals surface area contributed by atoms with E-state index >= 15 is 0 Å². The number of halogens is 2. The van der Waals surface area contributed by atoms with Crippen LogP contribution in [0.25, 0.3) is 0 Å². The average molecular weight is 203 g/mol. The molecule has 1 aromatic carbocycles. The highest BCUT2D eigenvalue weighted by Gasteiger charge is 2.02. The molecule has 12 heavy (non-hydrogen) atoms. The summed E-state index contributed by atoms with van der Waals surface area (Å²) in [7, 11) is 0. The fourth-order valence-electron chi connectivity index (χ4n) is 0.931. The summed E-state index contributed by atoms with van der Waals surface area (Å²) < 4.78 is 0. The molecule has 0 unspecified atom stereocenters. The van der Waals surface area contributed by atoms with E-state index in [1.165, 1.54) is 6.92 Å². The first-order valence-corrected chi connectivity index (χ1v) is 4.41. The minimum atomic E-state index is 0.00358. The van der Waals surface area contributed by atoms with Crippen LogP contribution in [0.1, 0.15) is 22.8 Å². The molecule has 1 aromatic rings. The maximum atomic E-state index is 11.0. The SMILES string of the molecule is CC(=O)c1cc(Cl)cc(CCl)c1. The second-order valence-electron chi connectivity index (χ2n) is 2.54. The van der Waals surface area contributed by atoms with Crippen molar-refractivity contribution in [3.8, 4) is 0 Å². The summed E-state index contributed by atoms with van der Waals surface area (Å²) in [5.41, 5.74) is 1.48. The van der Waals surface area contributed by atoms with Crippen molar-refractivity contribution >= 4 is 29.0 Å². The topological polar surface area (TPSA) is 17.1 Å². The molecule has 0 aromatic heterocycles. The van der Waals surface area contributed by atoms with Gasteiger partial charge in [0.2, 0.25) is 0 Å². The van der Waals surface area contributed by atoms with Crippen LogP contribution in [-0.2, 0) is 5.88 Å². The molecule has 0 aliphatic rings. The van der Waals surface area contributed by atoms with Gasteiger partial charge in [-0.1, -0.05) is 11.6 Å². The lowest BCUT2D eigenvalue weighted by molar-refractivity contribution is 0.101. The summed E-state index contributed by atoms with van der Waals surface area (Å²) in [5.74, 6) is 0.379. The number of carbonyl (C=O) groups excluding carboxylic acids is 1. The van der Waals surface area contributed by atoms with Gasteiger partial charge in [-0.3, -0.25) is 4.79 Å². The van der Waals surface area contributed by atoms with Crippen LogP contribution in [0.4, 0.5) is 0 Å². The normalized spacial score (nSPS) is 9.92. The van der Waals surface area contributed by atoms with Crippen molar-refractivity contribution in [3.63, 3.8) is 0 Å². The van der Waals surface area contributed by atoms with E-state index in [0.717, 1.165) is 5.56 Å². The van der Waals surface area contributed by atoms with E-state index in [2.05, 4.69) is 0 Å². The lowest BCUT2D eigenvalue weighted by atomic mass is 10.1. The molecule has 0 bridgehead atoms. The van der Waals surface area contributed by atoms with E-state index < -0.39 is 0 Å². The Hall–Kier alpha value is -0.530. The molecule has 64 valence electrons. The van der Waals surface area contributed by atoms with Crippen LogP contribution in [0.3, 0.4) is 0 Å². The Labute approximate surface area is 81.3 Å². The van der Waals surface area contributed by atoms with Crippen molar-refractivity contribution in [1.82, 2.24) is 0 Å². The van der Waals surface area contributed by atoms with Crippen molar-refractivity contribution < 1.29 is 4.79 Å². The molecule has 0 saturated carbocycles. The first-order valence-electron chi connectivity index (χ1n) is 3.50. The molecule has 0 N–H and O–H groups in total. The second-order valence-corrected chi connectivity index (χ2v) is 3.24. The second kappa shape index (κ2) is 3.92. The van der Waals surface area contributed by atoms with Gasteiger partial charge in [-0.25, -0.2) is 0 Å². The van der Waals surface area contributed by atoms with Gasteiger partial charge in [0.05, 0.1) is 0 Å². The van der Waals surface area contributed by atoms with Gasteiger partial charge in [0, 0.05) is 16.5 Å². The molecule has 0 aliphatic heterocycles. The van der Waals surface area contributed by atoms with Crippen LogP contribution in [0.5, 0.6) is 0 Å². The molecule has 3 heteroatoms. The number of Topliss-reactive ketones (excluding diaryl/α,β-unsaturated/α-hetero) is 1. The summed E-state index contributed by atoms with van der Waals surface area (Å²) in [5, 5.41) is 0.554. The molecule has 0 heterocycles. The number of ketones is 1. The van der Waals surface area contributed by atoms with E-state index in [1.54, 1.807) is 18.2 Å². The van der Waals surface area contributed by atoms with Crippen LogP contribution < -0.4 is 0 Å². The largest absolute Gasteiger partial charge is 0.295 e. The van der Waals surface area contributed by atoms with Gasteiger partial charge in [0.1, 0.15) is 0 Å². The number of rotatable bonds is 2. The molecule has 0 aliphatic carbocycles. The minimum absolute atomic E-state index is 0.00358. The average Bonchev–Trinajstić information content (AvgIpc) is 2.03. The van der Waals surface area contributed by atoms with E-state index in [0.29, 0.717) is 16.5 Å². The van der Waals surface area contributed by atoms with E-state index in [9.17, 15) is 4.79 Å². The summed E-state index contributed by atoms with van der Waals surface area (Å²) >= 11 is 11.4. The van der Waals surface area contributed by atoms with Gasteiger partial charge in [-0.05, 0) is 30.7 Å². The Morgan fingerprint density at radius 2 is 2.08 bits per heavy atom. The zero-order chi connectivity index (χ0) is 9.14. The molecule has 0 saturated heterocycles. The summed E-state index contributed by atoms with van der Waals surface area (Å²) in [4.78, 5) is 11.0. The Morgan fingerprint density at radius 3 is 2.58 bits per heavy atom. The maximum Gasteiger partial charge on any atom is 0.159 e. The van der Waals surface area contributed by atoms with Crippen molar-refractivity contribution in [2.45, 2.75) is 12.8 Å². The van der Waals surface area contributed by atoms with Gasteiger partial charge in [-0.15, -0.1) is 11.6 Å². The highest BCUT2D eigenvalue weighted by Crippen LogP contribution is 2.16. The summed E-state index contributed by atoms with van der Waals surface area (Å²) in [6.45, 7) is 1.50. The first-order chi connectivity index (χ1) is 5.63. The van der Waals surface area contributed by atoms with E-state index in [1.807, 2.05) is 0 Å². The van der Waals surface area contributed by atoms with Crippen LogP contribution >= 0.6 is 23.2 Å². The lowest BCUT2D eigenvalue weighted by Crippen LogP contribution is -1.93. The molecule has 0 radical (unpaired) electrons. The Balaban J connectivity index is 3.15. The van der Waals surface area contributed by atoms with Crippen LogP contribution in [0, 0.1) is 0 Å². The molecule has 0 fully saturated rings. The number of hydrogen-bond acceptors (Lipinski definition) is 1. The number of carbonyl (C=O) groups is 1. The molecule has 0 amide bonds. The third-order valence-corrected chi connectivity index (χ3v) is 2.05.